The minimum Gasteiger partial charge on any atom is -0.324 e. The summed E-state index contributed by atoms with van der Waals surface area (Å²) in [5.41, 5.74) is 3.92. The van der Waals surface area contributed by atoms with Crippen LogP contribution in [0.5, 0.6) is 0 Å². The zero-order valence-electron chi connectivity index (χ0n) is 15.9. The third-order valence-corrected chi connectivity index (χ3v) is 5.25. The van der Waals surface area contributed by atoms with Gasteiger partial charge >= 0.3 is 6.03 Å². The molecule has 3 heterocycles. The largest absolute Gasteiger partial charge is 0.324 e. The first-order valence-corrected chi connectivity index (χ1v) is 9.56. The fourth-order valence-corrected chi connectivity index (χ4v) is 3.77. The number of anilines is 1. The van der Waals surface area contributed by atoms with Crippen LogP contribution >= 0.6 is 0 Å². The summed E-state index contributed by atoms with van der Waals surface area (Å²) in [5.74, 6) is 1.49. The van der Waals surface area contributed by atoms with Crippen molar-refractivity contribution in [3.63, 3.8) is 0 Å². The van der Waals surface area contributed by atoms with E-state index in [2.05, 4.69) is 21.8 Å². The van der Waals surface area contributed by atoms with Gasteiger partial charge in [0.2, 0.25) is 0 Å². The summed E-state index contributed by atoms with van der Waals surface area (Å²) in [6.07, 6.45) is 3.69. The molecule has 140 valence electrons. The number of nitrogens with one attached hydrogen (secondary N) is 1. The molecule has 0 saturated carbocycles. The number of aromatic nitrogens is 3. The maximum atomic E-state index is 12.5. The number of hydrogen-bond donors (Lipinski definition) is 1. The molecule has 1 atom stereocenters. The number of rotatable bonds is 4. The topological polar surface area (TPSA) is 63.1 Å². The van der Waals surface area contributed by atoms with Gasteiger partial charge in [-0.3, -0.25) is 0 Å². The Morgan fingerprint density at radius 3 is 2.85 bits per heavy atom. The molecular weight excluding hydrogens is 338 g/mol. The van der Waals surface area contributed by atoms with E-state index in [1.54, 1.807) is 0 Å². The van der Waals surface area contributed by atoms with E-state index in [1.165, 1.54) is 5.56 Å². The summed E-state index contributed by atoms with van der Waals surface area (Å²) in [6.45, 7) is 6.56. The van der Waals surface area contributed by atoms with Crippen LogP contribution in [0.1, 0.15) is 24.7 Å². The van der Waals surface area contributed by atoms with Crippen LogP contribution in [0, 0.1) is 12.8 Å². The molecule has 1 saturated heterocycles. The Morgan fingerprint density at radius 2 is 2.07 bits per heavy atom. The van der Waals surface area contributed by atoms with Crippen LogP contribution in [0.4, 0.5) is 10.5 Å². The van der Waals surface area contributed by atoms with Crippen LogP contribution in [-0.4, -0.2) is 38.6 Å². The minimum atomic E-state index is -0.0213. The van der Waals surface area contributed by atoms with Gasteiger partial charge in [-0.15, -0.1) is 0 Å². The summed E-state index contributed by atoms with van der Waals surface area (Å²) in [4.78, 5) is 23.7. The summed E-state index contributed by atoms with van der Waals surface area (Å²) < 4.78 is 2.18. The van der Waals surface area contributed by atoms with Gasteiger partial charge in [-0.2, -0.15) is 0 Å². The highest BCUT2D eigenvalue weighted by Gasteiger charge is 2.28. The summed E-state index contributed by atoms with van der Waals surface area (Å²) in [6, 6.07) is 11.8. The summed E-state index contributed by atoms with van der Waals surface area (Å²) in [7, 11) is 0. The van der Waals surface area contributed by atoms with Crippen LogP contribution in [-0.2, 0) is 13.0 Å². The zero-order valence-corrected chi connectivity index (χ0v) is 15.9. The highest BCUT2D eigenvalue weighted by Crippen LogP contribution is 2.23. The average Bonchev–Trinajstić information content (AvgIpc) is 3.28. The Bertz CT molecular complexity index is 947. The molecule has 1 aromatic carbocycles. The van der Waals surface area contributed by atoms with E-state index in [-0.39, 0.29) is 6.03 Å². The first-order valence-electron chi connectivity index (χ1n) is 9.56. The van der Waals surface area contributed by atoms with Crippen molar-refractivity contribution in [1.82, 2.24) is 19.4 Å². The number of aryl methyl sites for hydroxylation is 2. The van der Waals surface area contributed by atoms with Crippen LogP contribution in [0.3, 0.4) is 0 Å². The van der Waals surface area contributed by atoms with Crippen LogP contribution < -0.4 is 5.32 Å². The number of fused-ring (bicyclic) bond motifs is 1. The summed E-state index contributed by atoms with van der Waals surface area (Å²) in [5, 5.41) is 3.00. The predicted molar refractivity (Wildman–Crippen MR) is 107 cm³/mol. The van der Waals surface area contributed by atoms with E-state index < -0.39 is 0 Å². The molecule has 1 aliphatic heterocycles. The third-order valence-electron chi connectivity index (χ3n) is 5.25. The molecule has 1 N–H and O–H groups in total. The maximum Gasteiger partial charge on any atom is 0.321 e. The number of pyridine rings is 1. The molecule has 27 heavy (non-hydrogen) atoms. The van der Waals surface area contributed by atoms with Gasteiger partial charge in [0.05, 0.1) is 0 Å². The molecule has 1 fully saturated rings. The van der Waals surface area contributed by atoms with Gasteiger partial charge in [-0.25, -0.2) is 14.8 Å². The molecule has 1 unspecified atom stereocenters. The number of carbonyl (C=O) groups excluding carboxylic acids is 1. The van der Waals surface area contributed by atoms with Gasteiger partial charge in [0.15, 0.2) is 5.65 Å². The van der Waals surface area contributed by atoms with Crippen LogP contribution in [0.2, 0.25) is 0 Å². The van der Waals surface area contributed by atoms with E-state index >= 15 is 0 Å². The monoisotopic (exact) mass is 363 g/mol. The number of urea groups is 1. The molecule has 1 aliphatic rings. The lowest BCUT2D eigenvalue weighted by Gasteiger charge is -2.17. The van der Waals surface area contributed by atoms with Gasteiger partial charge < -0.3 is 14.8 Å². The number of imidazole rings is 1. The molecular formula is C21H25N5O. The van der Waals surface area contributed by atoms with E-state index in [1.807, 2.05) is 54.4 Å². The molecule has 0 aliphatic carbocycles. The first-order chi connectivity index (χ1) is 13.1. The number of likely N-dealkylation sites (tertiary alicyclic amines) is 1. The van der Waals surface area contributed by atoms with Crippen molar-refractivity contribution < 1.29 is 4.79 Å². The van der Waals surface area contributed by atoms with Gasteiger partial charge in [0.1, 0.15) is 11.3 Å². The number of carbonyl (C=O) groups is 1. The molecule has 4 rings (SSSR count). The van der Waals surface area contributed by atoms with Crippen molar-refractivity contribution in [2.24, 2.45) is 5.92 Å². The highest BCUT2D eigenvalue weighted by atomic mass is 16.2. The number of amides is 2. The predicted octanol–water partition coefficient (Wildman–Crippen LogP) is 3.86. The number of benzene rings is 1. The number of hydrogen-bond acceptors (Lipinski definition) is 3. The summed E-state index contributed by atoms with van der Waals surface area (Å²) >= 11 is 0. The fraction of sp³-hybridized carbons (Fsp3) is 0.381. The maximum absolute atomic E-state index is 12.5. The third kappa shape index (κ3) is 3.65. The lowest BCUT2D eigenvalue weighted by atomic mass is 10.0. The van der Waals surface area contributed by atoms with E-state index in [0.717, 1.165) is 55.2 Å². The second kappa shape index (κ2) is 7.39. The van der Waals surface area contributed by atoms with Crippen molar-refractivity contribution >= 4 is 22.9 Å². The second-order valence-corrected chi connectivity index (χ2v) is 7.22. The first kappa shape index (κ1) is 17.5. The van der Waals surface area contributed by atoms with Crippen molar-refractivity contribution in [2.45, 2.75) is 33.2 Å². The van der Waals surface area contributed by atoms with Crippen molar-refractivity contribution in [1.29, 1.82) is 0 Å². The molecule has 2 amide bonds. The lowest BCUT2D eigenvalue weighted by molar-refractivity contribution is 0.220. The smallest absolute Gasteiger partial charge is 0.321 e. The second-order valence-electron chi connectivity index (χ2n) is 7.22. The Hall–Kier alpha value is -2.89. The molecule has 6 nitrogen and oxygen atoms in total. The van der Waals surface area contributed by atoms with Gasteiger partial charge in [0.25, 0.3) is 0 Å². The molecule has 0 bridgehead atoms. The van der Waals surface area contributed by atoms with Gasteiger partial charge in [0, 0.05) is 37.9 Å². The molecule has 2 aromatic heterocycles. The zero-order chi connectivity index (χ0) is 18.8. The lowest BCUT2D eigenvalue weighted by Crippen LogP contribution is -2.33. The van der Waals surface area contributed by atoms with E-state index in [0.29, 0.717) is 5.92 Å². The van der Waals surface area contributed by atoms with E-state index in [4.69, 9.17) is 4.98 Å². The molecule has 3 aromatic rings. The van der Waals surface area contributed by atoms with Crippen molar-refractivity contribution in [2.75, 3.05) is 18.4 Å². The Labute approximate surface area is 159 Å². The van der Waals surface area contributed by atoms with Crippen LogP contribution in [0.15, 0.2) is 42.6 Å². The average molecular weight is 363 g/mol. The molecule has 0 radical (unpaired) electrons. The fourth-order valence-electron chi connectivity index (χ4n) is 3.77. The Kier molecular flexibility index (Phi) is 4.79. The van der Waals surface area contributed by atoms with Crippen LogP contribution in [0.25, 0.3) is 11.2 Å². The normalized spacial score (nSPS) is 16.8. The molecule has 0 spiro atoms. The Balaban J connectivity index is 1.41. The standard InChI is InChI=1S/C21H25N5O/c1-3-26-19(24-18-5-4-11-22-20(18)26)13-16-10-12-25(14-16)21(27)23-17-8-6-15(2)7-9-17/h4-9,11,16H,3,10,12-14H2,1-2H3,(H,23,27). The van der Waals surface area contributed by atoms with Crippen molar-refractivity contribution in [3.8, 4) is 0 Å². The van der Waals surface area contributed by atoms with Gasteiger partial charge in [-0.05, 0) is 50.5 Å². The Morgan fingerprint density at radius 1 is 1.26 bits per heavy atom. The minimum absolute atomic E-state index is 0.0213. The van der Waals surface area contributed by atoms with Gasteiger partial charge in [-0.1, -0.05) is 17.7 Å². The van der Waals surface area contributed by atoms with Crippen molar-refractivity contribution in [3.05, 3.63) is 54.0 Å². The van der Waals surface area contributed by atoms with E-state index in [9.17, 15) is 4.79 Å². The quantitative estimate of drug-likeness (QED) is 0.766. The number of nitrogens with zero attached hydrogens (tertiary/aromatic N) is 4. The molecule has 6 heteroatoms. The SMILES string of the molecule is CCn1c(CC2CCN(C(=O)Nc3ccc(C)cc3)C2)nc2cccnc21. The highest BCUT2D eigenvalue weighted by molar-refractivity contribution is 5.89.